The third kappa shape index (κ3) is 2.48. The van der Waals surface area contributed by atoms with Crippen LogP contribution in [0.4, 0.5) is 4.79 Å². The van der Waals surface area contributed by atoms with Gasteiger partial charge in [0.25, 0.3) is 0 Å². The van der Waals surface area contributed by atoms with Gasteiger partial charge >= 0.3 is 6.03 Å². The summed E-state index contributed by atoms with van der Waals surface area (Å²) in [5.41, 5.74) is 6.91. The molecular weight excluding hydrogens is 226 g/mol. The van der Waals surface area contributed by atoms with Crippen LogP contribution in [0, 0.1) is 5.92 Å². The van der Waals surface area contributed by atoms with E-state index in [4.69, 9.17) is 5.73 Å². The van der Waals surface area contributed by atoms with Gasteiger partial charge in [0.2, 0.25) is 0 Å². The molecule has 0 saturated carbocycles. The molecule has 2 rings (SSSR count). The highest BCUT2D eigenvalue weighted by Crippen LogP contribution is 2.25. The molecule has 2 N–H and O–H groups in total. The molecule has 2 amide bonds. The first-order valence-electron chi connectivity index (χ1n) is 6.40. The summed E-state index contributed by atoms with van der Waals surface area (Å²) in [4.78, 5) is 15.9. The Bertz CT molecular complexity index is 407. The van der Waals surface area contributed by atoms with Crippen molar-refractivity contribution in [2.45, 2.75) is 13.0 Å². The Balaban J connectivity index is 2.17. The van der Waals surface area contributed by atoms with Crippen molar-refractivity contribution in [1.82, 2.24) is 9.80 Å². The summed E-state index contributed by atoms with van der Waals surface area (Å²) < 4.78 is 0. The largest absolute Gasteiger partial charge is 0.330 e. The summed E-state index contributed by atoms with van der Waals surface area (Å²) in [6.07, 6.45) is 0. The lowest BCUT2D eigenvalue weighted by atomic mass is 10.0. The molecule has 1 aliphatic rings. The maximum Gasteiger partial charge on any atom is 0.320 e. The lowest BCUT2D eigenvalue weighted by Gasteiger charge is -2.41. The van der Waals surface area contributed by atoms with Crippen LogP contribution in [0.5, 0.6) is 0 Å². The van der Waals surface area contributed by atoms with E-state index in [2.05, 4.69) is 19.1 Å². The topological polar surface area (TPSA) is 49.6 Å². The van der Waals surface area contributed by atoms with E-state index in [1.807, 2.05) is 30.1 Å². The predicted octanol–water partition coefficient (Wildman–Crippen LogP) is 1.69. The Kier molecular flexibility index (Phi) is 3.87. The normalized spacial score (nSPS) is 22.2. The van der Waals surface area contributed by atoms with Crippen molar-refractivity contribution in [1.29, 1.82) is 0 Å². The van der Waals surface area contributed by atoms with Crippen LogP contribution < -0.4 is 5.73 Å². The molecule has 4 heteroatoms. The zero-order valence-corrected chi connectivity index (χ0v) is 11.0. The minimum absolute atomic E-state index is 0.0931. The molecule has 4 nitrogen and oxygen atoms in total. The van der Waals surface area contributed by atoms with Gasteiger partial charge < -0.3 is 15.5 Å². The second-order valence-corrected chi connectivity index (χ2v) is 5.00. The van der Waals surface area contributed by atoms with Crippen molar-refractivity contribution < 1.29 is 4.79 Å². The van der Waals surface area contributed by atoms with Gasteiger partial charge in [0.05, 0.1) is 6.04 Å². The molecule has 2 unspecified atom stereocenters. The van der Waals surface area contributed by atoms with Crippen molar-refractivity contribution in [3.05, 3.63) is 35.9 Å². The molecule has 1 saturated heterocycles. The van der Waals surface area contributed by atoms with Crippen LogP contribution in [0.2, 0.25) is 0 Å². The molecule has 1 fully saturated rings. The SMILES string of the molecule is CC(c1ccccc1)N1CC(CN)CN(C)C1=O. The number of carbonyl (C=O) groups is 1. The summed E-state index contributed by atoms with van der Waals surface area (Å²) in [6, 6.07) is 10.3. The van der Waals surface area contributed by atoms with Crippen molar-refractivity contribution >= 4 is 6.03 Å². The summed E-state index contributed by atoms with van der Waals surface area (Å²) in [5.74, 6) is 0.360. The number of hydrogen-bond acceptors (Lipinski definition) is 2. The zero-order valence-electron chi connectivity index (χ0n) is 11.0. The highest BCUT2D eigenvalue weighted by molar-refractivity contribution is 5.75. The molecule has 0 aliphatic carbocycles. The smallest absolute Gasteiger partial charge is 0.320 e. The molecule has 18 heavy (non-hydrogen) atoms. The number of nitrogens with two attached hydrogens (primary N) is 1. The molecule has 0 spiro atoms. The fourth-order valence-electron chi connectivity index (χ4n) is 2.48. The van der Waals surface area contributed by atoms with Gasteiger partial charge in [0, 0.05) is 26.1 Å². The molecule has 1 aliphatic heterocycles. The molecule has 0 aromatic heterocycles. The van der Waals surface area contributed by atoms with E-state index < -0.39 is 0 Å². The van der Waals surface area contributed by atoms with E-state index in [0.29, 0.717) is 12.5 Å². The predicted molar refractivity (Wildman–Crippen MR) is 72.1 cm³/mol. The lowest BCUT2D eigenvalue weighted by molar-refractivity contribution is 0.0982. The van der Waals surface area contributed by atoms with Crippen LogP contribution in [0.1, 0.15) is 18.5 Å². The third-order valence-corrected chi connectivity index (χ3v) is 3.64. The van der Waals surface area contributed by atoms with E-state index in [9.17, 15) is 4.79 Å². The Morgan fingerprint density at radius 3 is 2.61 bits per heavy atom. The van der Waals surface area contributed by atoms with Gasteiger partial charge in [0.1, 0.15) is 0 Å². The monoisotopic (exact) mass is 247 g/mol. The standard InChI is InChI=1S/C14H21N3O/c1-11(13-6-4-3-5-7-13)17-10-12(8-15)9-16(2)14(17)18/h3-7,11-12H,8-10,15H2,1-2H3. The fraction of sp³-hybridized carbons (Fsp3) is 0.500. The zero-order chi connectivity index (χ0) is 13.1. The first-order chi connectivity index (χ1) is 8.63. The maximum atomic E-state index is 12.2. The van der Waals surface area contributed by atoms with Crippen LogP contribution >= 0.6 is 0 Å². The van der Waals surface area contributed by atoms with Gasteiger partial charge in [-0.2, -0.15) is 0 Å². The van der Waals surface area contributed by atoms with Gasteiger partial charge in [0.15, 0.2) is 0 Å². The fourth-order valence-corrected chi connectivity index (χ4v) is 2.48. The summed E-state index contributed by atoms with van der Waals surface area (Å²) in [5, 5.41) is 0. The molecular formula is C14H21N3O. The number of urea groups is 1. The minimum atomic E-state index is 0.0931. The van der Waals surface area contributed by atoms with Gasteiger partial charge in [-0.1, -0.05) is 30.3 Å². The highest BCUT2D eigenvalue weighted by Gasteiger charge is 2.32. The molecule has 1 aromatic carbocycles. The van der Waals surface area contributed by atoms with E-state index in [1.165, 1.54) is 0 Å². The first-order valence-corrected chi connectivity index (χ1v) is 6.40. The van der Waals surface area contributed by atoms with Crippen LogP contribution in [-0.2, 0) is 0 Å². The van der Waals surface area contributed by atoms with E-state index in [-0.39, 0.29) is 12.1 Å². The first kappa shape index (κ1) is 12.9. The molecule has 0 radical (unpaired) electrons. The van der Waals surface area contributed by atoms with Crippen molar-refractivity contribution in [3.63, 3.8) is 0 Å². The number of carbonyl (C=O) groups excluding carboxylic acids is 1. The molecule has 2 atom stereocenters. The molecule has 0 bridgehead atoms. The Labute approximate surface area is 108 Å². The van der Waals surface area contributed by atoms with Gasteiger partial charge in [-0.05, 0) is 19.0 Å². The van der Waals surface area contributed by atoms with Crippen LogP contribution in [0.3, 0.4) is 0 Å². The number of rotatable bonds is 3. The van der Waals surface area contributed by atoms with E-state index in [1.54, 1.807) is 4.90 Å². The molecule has 98 valence electrons. The lowest BCUT2D eigenvalue weighted by Crippen LogP contribution is -2.54. The average molecular weight is 247 g/mol. The van der Waals surface area contributed by atoms with E-state index in [0.717, 1.165) is 18.7 Å². The molecule has 1 heterocycles. The van der Waals surface area contributed by atoms with E-state index >= 15 is 0 Å². The number of hydrogen-bond donors (Lipinski definition) is 1. The van der Waals surface area contributed by atoms with Crippen LogP contribution in [0.25, 0.3) is 0 Å². The minimum Gasteiger partial charge on any atom is -0.330 e. The van der Waals surface area contributed by atoms with Gasteiger partial charge in [-0.3, -0.25) is 0 Å². The van der Waals surface area contributed by atoms with Gasteiger partial charge in [-0.15, -0.1) is 0 Å². The Morgan fingerprint density at radius 2 is 2.00 bits per heavy atom. The third-order valence-electron chi connectivity index (χ3n) is 3.64. The van der Waals surface area contributed by atoms with Gasteiger partial charge in [-0.25, -0.2) is 4.79 Å². The quantitative estimate of drug-likeness (QED) is 0.883. The number of nitrogens with zero attached hydrogens (tertiary/aromatic N) is 2. The summed E-state index contributed by atoms with van der Waals surface area (Å²) in [6.45, 7) is 4.19. The molecule has 1 aromatic rings. The van der Waals surface area contributed by atoms with Crippen molar-refractivity contribution in [3.8, 4) is 0 Å². The number of benzene rings is 1. The second-order valence-electron chi connectivity index (χ2n) is 5.00. The van der Waals surface area contributed by atoms with Crippen LogP contribution in [-0.4, -0.2) is 42.5 Å². The summed E-state index contributed by atoms with van der Waals surface area (Å²) >= 11 is 0. The maximum absolute atomic E-state index is 12.2. The number of amides is 2. The summed E-state index contributed by atoms with van der Waals surface area (Å²) in [7, 11) is 1.84. The van der Waals surface area contributed by atoms with Crippen molar-refractivity contribution in [2.75, 3.05) is 26.7 Å². The highest BCUT2D eigenvalue weighted by atomic mass is 16.2. The van der Waals surface area contributed by atoms with Crippen molar-refractivity contribution in [2.24, 2.45) is 11.7 Å². The van der Waals surface area contributed by atoms with Crippen LogP contribution in [0.15, 0.2) is 30.3 Å². The average Bonchev–Trinajstić information content (AvgIpc) is 2.42. The Morgan fingerprint density at radius 1 is 1.33 bits per heavy atom. The Hall–Kier alpha value is -1.55. The second kappa shape index (κ2) is 5.40.